The molecule has 1 aliphatic heterocycles. The van der Waals surface area contributed by atoms with Gasteiger partial charge in [-0.15, -0.1) is 0 Å². The maximum absolute atomic E-state index is 10.2. The number of aliphatic hydroxyl groups is 1. The quantitative estimate of drug-likeness (QED) is 0.813. The van der Waals surface area contributed by atoms with Crippen molar-refractivity contribution in [3.05, 3.63) is 30.0 Å². The maximum atomic E-state index is 10.2. The van der Waals surface area contributed by atoms with Crippen molar-refractivity contribution in [2.75, 3.05) is 13.2 Å². The van der Waals surface area contributed by atoms with Crippen LogP contribution in [0.25, 0.3) is 11.0 Å². The molecule has 0 spiro atoms. The Morgan fingerprint density at radius 3 is 2.95 bits per heavy atom. The summed E-state index contributed by atoms with van der Waals surface area (Å²) in [6.07, 6.45) is 1.12. The second kappa shape index (κ2) is 5.23. The maximum Gasteiger partial charge on any atom is 0.175 e. The molecule has 0 radical (unpaired) electrons. The molecule has 1 saturated heterocycles. The summed E-state index contributed by atoms with van der Waals surface area (Å²) in [4.78, 5) is 0. The fourth-order valence-corrected chi connectivity index (χ4v) is 2.15. The first-order valence-electron chi connectivity index (χ1n) is 6.73. The highest BCUT2D eigenvalue weighted by molar-refractivity contribution is 5.85. The van der Waals surface area contributed by atoms with Crippen LogP contribution < -0.4 is 4.74 Å². The Bertz CT molecular complexity index is 556. The minimum Gasteiger partial charge on any atom is -0.486 e. The van der Waals surface area contributed by atoms with E-state index < -0.39 is 6.10 Å². The Hall–Kier alpha value is -1.52. The highest BCUT2D eigenvalue weighted by Crippen LogP contribution is 2.38. The molecule has 2 atom stereocenters. The van der Waals surface area contributed by atoms with Crippen LogP contribution in [0.5, 0.6) is 5.75 Å². The van der Waals surface area contributed by atoms with E-state index in [-0.39, 0.29) is 6.10 Å². The molecule has 4 nitrogen and oxygen atoms in total. The van der Waals surface area contributed by atoms with Gasteiger partial charge in [-0.2, -0.15) is 0 Å². The van der Waals surface area contributed by atoms with Crippen molar-refractivity contribution in [2.24, 2.45) is 0 Å². The van der Waals surface area contributed by atoms with E-state index >= 15 is 0 Å². The molecule has 2 heterocycles. The van der Waals surface area contributed by atoms with Crippen molar-refractivity contribution < 1.29 is 19.0 Å². The number of ether oxygens (including phenoxy) is 2. The number of benzene rings is 1. The van der Waals surface area contributed by atoms with E-state index in [2.05, 4.69) is 0 Å². The number of aliphatic hydroxyl groups excluding tert-OH is 1. The lowest BCUT2D eigenvalue weighted by atomic mass is 10.1. The van der Waals surface area contributed by atoms with Crippen molar-refractivity contribution in [2.45, 2.75) is 32.0 Å². The van der Waals surface area contributed by atoms with Crippen molar-refractivity contribution in [3.63, 3.8) is 0 Å². The highest BCUT2D eigenvalue weighted by atomic mass is 16.6. The monoisotopic (exact) mass is 262 g/mol. The van der Waals surface area contributed by atoms with E-state index in [0.29, 0.717) is 24.5 Å². The van der Waals surface area contributed by atoms with Gasteiger partial charge in [-0.05, 0) is 18.6 Å². The molecule has 19 heavy (non-hydrogen) atoms. The number of para-hydroxylation sites is 1. The second-order valence-electron chi connectivity index (χ2n) is 4.86. The van der Waals surface area contributed by atoms with Gasteiger partial charge in [0.05, 0.1) is 12.0 Å². The van der Waals surface area contributed by atoms with Crippen LogP contribution >= 0.6 is 0 Å². The third-order valence-electron chi connectivity index (χ3n) is 3.26. The van der Waals surface area contributed by atoms with Crippen LogP contribution in [0, 0.1) is 0 Å². The normalized spacial score (nSPS) is 19.6. The average Bonchev–Trinajstić information content (AvgIpc) is 3.17. The molecular formula is C15H18O4. The van der Waals surface area contributed by atoms with Gasteiger partial charge in [0.1, 0.15) is 24.4 Å². The van der Waals surface area contributed by atoms with Gasteiger partial charge in [0.15, 0.2) is 11.5 Å². The molecule has 0 amide bonds. The van der Waals surface area contributed by atoms with E-state index in [1.807, 2.05) is 31.2 Å². The Kier molecular flexibility index (Phi) is 3.44. The topological polar surface area (TPSA) is 55.1 Å². The molecule has 2 unspecified atom stereocenters. The summed E-state index contributed by atoms with van der Waals surface area (Å²) in [7, 11) is 0. The van der Waals surface area contributed by atoms with Crippen LogP contribution in [-0.2, 0) is 4.74 Å². The summed E-state index contributed by atoms with van der Waals surface area (Å²) < 4.78 is 16.7. The largest absolute Gasteiger partial charge is 0.486 e. The molecule has 1 fully saturated rings. The summed E-state index contributed by atoms with van der Waals surface area (Å²) in [5.41, 5.74) is 0.749. The third kappa shape index (κ3) is 2.60. The fraction of sp³-hybridized carbons (Fsp3) is 0.467. The molecule has 3 rings (SSSR count). The van der Waals surface area contributed by atoms with E-state index in [9.17, 15) is 5.11 Å². The number of hydrogen-bond donors (Lipinski definition) is 1. The second-order valence-corrected chi connectivity index (χ2v) is 4.86. The van der Waals surface area contributed by atoms with Gasteiger partial charge in [0.2, 0.25) is 0 Å². The average molecular weight is 262 g/mol. The van der Waals surface area contributed by atoms with Gasteiger partial charge in [0.25, 0.3) is 0 Å². The number of furan rings is 1. The zero-order chi connectivity index (χ0) is 13.2. The molecule has 1 aromatic carbocycles. The van der Waals surface area contributed by atoms with E-state index in [1.165, 1.54) is 0 Å². The van der Waals surface area contributed by atoms with Crippen LogP contribution in [0.4, 0.5) is 0 Å². The number of fused-ring (bicyclic) bond motifs is 1. The Balaban J connectivity index is 1.94. The van der Waals surface area contributed by atoms with E-state index in [0.717, 1.165) is 24.0 Å². The lowest BCUT2D eigenvalue weighted by molar-refractivity contribution is 0.133. The number of hydrogen-bond acceptors (Lipinski definition) is 4. The smallest absolute Gasteiger partial charge is 0.175 e. The third-order valence-corrected chi connectivity index (χ3v) is 3.26. The van der Waals surface area contributed by atoms with Crippen LogP contribution in [0.15, 0.2) is 28.7 Å². The van der Waals surface area contributed by atoms with E-state index in [1.54, 1.807) is 0 Å². The number of epoxide rings is 1. The minimum absolute atomic E-state index is 0.185. The zero-order valence-corrected chi connectivity index (χ0v) is 11.0. The lowest BCUT2D eigenvalue weighted by Gasteiger charge is -2.09. The van der Waals surface area contributed by atoms with Crippen molar-refractivity contribution in [1.82, 2.24) is 0 Å². The van der Waals surface area contributed by atoms with Gasteiger partial charge in [0, 0.05) is 0 Å². The van der Waals surface area contributed by atoms with Gasteiger partial charge in [-0.3, -0.25) is 0 Å². The van der Waals surface area contributed by atoms with Crippen molar-refractivity contribution >= 4 is 11.0 Å². The molecular weight excluding hydrogens is 244 g/mol. The summed E-state index contributed by atoms with van der Waals surface area (Å²) in [6.45, 7) is 3.29. The van der Waals surface area contributed by atoms with Crippen molar-refractivity contribution in [1.29, 1.82) is 0 Å². The molecule has 2 aromatic rings. The summed E-state index contributed by atoms with van der Waals surface area (Å²) in [5.74, 6) is 1.19. The first-order valence-corrected chi connectivity index (χ1v) is 6.73. The SMILES string of the molecule is CCCC(O)c1oc2ccccc2c1OCC1CO1. The molecule has 1 N–H and O–H groups in total. The Morgan fingerprint density at radius 1 is 1.42 bits per heavy atom. The Morgan fingerprint density at radius 2 is 2.21 bits per heavy atom. The zero-order valence-electron chi connectivity index (χ0n) is 11.0. The predicted octanol–water partition coefficient (Wildman–Crippen LogP) is 3.04. The van der Waals surface area contributed by atoms with Crippen LogP contribution in [0.3, 0.4) is 0 Å². The van der Waals surface area contributed by atoms with Crippen LogP contribution in [-0.4, -0.2) is 24.4 Å². The first-order chi connectivity index (χ1) is 9.29. The van der Waals surface area contributed by atoms with Crippen molar-refractivity contribution in [3.8, 4) is 5.75 Å². The van der Waals surface area contributed by atoms with E-state index in [4.69, 9.17) is 13.9 Å². The molecule has 1 aliphatic rings. The van der Waals surface area contributed by atoms with Gasteiger partial charge in [-0.1, -0.05) is 25.5 Å². The summed E-state index contributed by atoms with van der Waals surface area (Å²) in [5, 5.41) is 11.1. The van der Waals surface area contributed by atoms with Gasteiger partial charge < -0.3 is 19.0 Å². The van der Waals surface area contributed by atoms with Crippen LogP contribution in [0.2, 0.25) is 0 Å². The molecule has 4 heteroatoms. The molecule has 0 saturated carbocycles. The lowest BCUT2D eigenvalue weighted by Crippen LogP contribution is -2.06. The molecule has 0 bridgehead atoms. The van der Waals surface area contributed by atoms with Gasteiger partial charge >= 0.3 is 0 Å². The summed E-state index contributed by atoms with van der Waals surface area (Å²) >= 11 is 0. The van der Waals surface area contributed by atoms with Gasteiger partial charge in [-0.25, -0.2) is 0 Å². The first kappa shape index (κ1) is 12.5. The predicted molar refractivity (Wildman–Crippen MR) is 71.3 cm³/mol. The molecule has 0 aliphatic carbocycles. The Labute approximate surface area is 111 Å². The standard InChI is InChI=1S/C15H18O4/c1-2-5-12(16)15-14(18-9-10-8-17-10)11-6-3-4-7-13(11)19-15/h3-4,6-7,10,12,16H,2,5,8-9H2,1H3. The molecule has 1 aromatic heterocycles. The minimum atomic E-state index is -0.618. The highest BCUT2D eigenvalue weighted by Gasteiger charge is 2.27. The summed E-state index contributed by atoms with van der Waals surface area (Å²) in [6, 6.07) is 7.69. The molecule has 102 valence electrons. The fourth-order valence-electron chi connectivity index (χ4n) is 2.15. The number of rotatable bonds is 6. The van der Waals surface area contributed by atoms with Crippen LogP contribution in [0.1, 0.15) is 31.6 Å².